The van der Waals surface area contributed by atoms with Crippen molar-refractivity contribution in [2.24, 2.45) is 5.92 Å². The molecule has 0 aliphatic heterocycles. The monoisotopic (exact) mass is 279 g/mol. The van der Waals surface area contributed by atoms with Gasteiger partial charge in [-0.05, 0) is 42.4 Å². The Morgan fingerprint density at radius 2 is 1.95 bits per heavy atom. The molecule has 0 bridgehead atoms. The van der Waals surface area contributed by atoms with Crippen molar-refractivity contribution in [1.82, 2.24) is 0 Å². The molecule has 0 atom stereocenters. The lowest BCUT2D eigenvalue weighted by Crippen LogP contribution is -2.38. The minimum absolute atomic E-state index is 0.00543. The summed E-state index contributed by atoms with van der Waals surface area (Å²) in [6.45, 7) is 5.16. The van der Waals surface area contributed by atoms with Crippen LogP contribution in [0.15, 0.2) is 24.3 Å². The van der Waals surface area contributed by atoms with E-state index in [1.54, 1.807) is 0 Å². The number of alkyl halides is 1. The minimum atomic E-state index is 0.00543. The average Bonchev–Trinajstić information content (AvgIpc) is 2.37. The molecule has 1 saturated carbocycles. The highest BCUT2D eigenvalue weighted by Gasteiger charge is 2.24. The smallest absolute Gasteiger partial charge is 0.241 e. The van der Waals surface area contributed by atoms with Crippen LogP contribution in [-0.4, -0.2) is 18.3 Å². The maximum atomic E-state index is 12.0. The molecular formula is C16H22ClNO. The van der Waals surface area contributed by atoms with E-state index in [2.05, 4.69) is 26.0 Å². The van der Waals surface area contributed by atoms with Crippen molar-refractivity contribution in [2.75, 3.05) is 17.3 Å². The normalized spacial score (nSPS) is 15.4. The third-order valence-corrected chi connectivity index (χ3v) is 4.18. The lowest BCUT2D eigenvalue weighted by molar-refractivity contribution is -0.116. The molecule has 1 fully saturated rings. The molecule has 2 nitrogen and oxygen atoms in total. The third kappa shape index (κ3) is 3.50. The van der Waals surface area contributed by atoms with E-state index in [1.165, 1.54) is 24.8 Å². The van der Waals surface area contributed by atoms with Crippen molar-refractivity contribution in [3.05, 3.63) is 29.8 Å². The lowest BCUT2D eigenvalue weighted by atomic mass is 9.85. The Kier molecular flexibility index (Phi) is 4.87. The molecule has 1 aliphatic rings. The molecule has 1 aromatic rings. The number of halogens is 1. The highest BCUT2D eigenvalue weighted by Crippen LogP contribution is 2.29. The number of carbonyl (C=O) groups excluding carboxylic acids is 1. The number of anilines is 1. The van der Waals surface area contributed by atoms with Gasteiger partial charge in [-0.15, -0.1) is 11.6 Å². The molecule has 0 unspecified atom stereocenters. The van der Waals surface area contributed by atoms with Crippen LogP contribution < -0.4 is 4.90 Å². The van der Waals surface area contributed by atoms with Gasteiger partial charge in [0.05, 0.1) is 0 Å². The second kappa shape index (κ2) is 6.42. The van der Waals surface area contributed by atoms with E-state index < -0.39 is 0 Å². The minimum Gasteiger partial charge on any atom is -0.311 e. The van der Waals surface area contributed by atoms with Gasteiger partial charge in [0.25, 0.3) is 0 Å². The van der Waals surface area contributed by atoms with Crippen molar-refractivity contribution in [3.8, 4) is 0 Å². The molecule has 2 rings (SSSR count). The van der Waals surface area contributed by atoms with Crippen molar-refractivity contribution >= 4 is 23.2 Å². The summed E-state index contributed by atoms with van der Waals surface area (Å²) in [5, 5.41) is 0. The summed E-state index contributed by atoms with van der Waals surface area (Å²) in [5.74, 6) is 1.22. The first-order chi connectivity index (χ1) is 9.11. The number of rotatable bonds is 5. The fourth-order valence-electron chi connectivity index (χ4n) is 2.40. The van der Waals surface area contributed by atoms with Crippen LogP contribution in [0.25, 0.3) is 0 Å². The highest BCUT2D eigenvalue weighted by molar-refractivity contribution is 6.29. The Morgan fingerprint density at radius 3 is 2.37 bits per heavy atom. The molecule has 0 aromatic heterocycles. The first-order valence-corrected chi connectivity index (χ1v) is 7.61. The van der Waals surface area contributed by atoms with Gasteiger partial charge in [-0.1, -0.05) is 32.4 Å². The zero-order chi connectivity index (χ0) is 13.8. The zero-order valence-electron chi connectivity index (χ0n) is 11.7. The first-order valence-electron chi connectivity index (χ1n) is 7.08. The standard InChI is InChI=1S/C16H22ClNO/c1-12(2)14-6-8-15(9-7-14)18(16(19)10-17)11-13-4-3-5-13/h6-9,12-13H,3-5,10-11H2,1-2H3. The van der Waals surface area contributed by atoms with E-state index in [0.717, 1.165) is 12.2 Å². The first kappa shape index (κ1) is 14.4. The molecule has 0 heterocycles. The molecule has 1 amide bonds. The largest absolute Gasteiger partial charge is 0.311 e. The molecule has 0 saturated heterocycles. The number of amides is 1. The summed E-state index contributed by atoms with van der Waals surface area (Å²) in [6.07, 6.45) is 3.76. The number of hydrogen-bond donors (Lipinski definition) is 0. The molecule has 1 aliphatic carbocycles. The predicted molar refractivity (Wildman–Crippen MR) is 80.9 cm³/mol. The van der Waals surface area contributed by atoms with Gasteiger partial charge in [0.2, 0.25) is 5.91 Å². The summed E-state index contributed by atoms with van der Waals surface area (Å²) in [4.78, 5) is 13.8. The highest BCUT2D eigenvalue weighted by atomic mass is 35.5. The van der Waals surface area contributed by atoms with Crippen LogP contribution in [0.1, 0.15) is 44.6 Å². The van der Waals surface area contributed by atoms with Crippen LogP contribution >= 0.6 is 11.6 Å². The molecule has 3 heteroatoms. The van der Waals surface area contributed by atoms with Crippen molar-refractivity contribution < 1.29 is 4.79 Å². The number of hydrogen-bond acceptors (Lipinski definition) is 1. The Morgan fingerprint density at radius 1 is 1.32 bits per heavy atom. The van der Waals surface area contributed by atoms with Gasteiger partial charge in [-0.3, -0.25) is 4.79 Å². The maximum absolute atomic E-state index is 12.0. The maximum Gasteiger partial charge on any atom is 0.241 e. The van der Waals surface area contributed by atoms with Crippen molar-refractivity contribution in [3.63, 3.8) is 0 Å². The SMILES string of the molecule is CC(C)c1ccc(N(CC2CCC2)C(=O)CCl)cc1. The van der Waals surface area contributed by atoms with Gasteiger partial charge in [-0.2, -0.15) is 0 Å². The van der Waals surface area contributed by atoms with E-state index >= 15 is 0 Å². The van der Waals surface area contributed by atoms with E-state index in [4.69, 9.17) is 11.6 Å². The van der Waals surface area contributed by atoms with Crippen LogP contribution in [0, 0.1) is 5.92 Å². The third-order valence-electron chi connectivity index (χ3n) is 3.95. The average molecular weight is 280 g/mol. The predicted octanol–water partition coefficient (Wildman–Crippen LogP) is 4.18. The molecule has 0 radical (unpaired) electrons. The van der Waals surface area contributed by atoms with Crippen LogP contribution in [0.4, 0.5) is 5.69 Å². The Hall–Kier alpha value is -1.02. The van der Waals surface area contributed by atoms with Crippen molar-refractivity contribution in [2.45, 2.75) is 39.0 Å². The summed E-state index contributed by atoms with van der Waals surface area (Å²) >= 11 is 5.73. The Bertz CT molecular complexity index is 423. The lowest BCUT2D eigenvalue weighted by Gasteiger charge is -2.32. The molecule has 0 spiro atoms. The fraction of sp³-hybridized carbons (Fsp3) is 0.562. The quantitative estimate of drug-likeness (QED) is 0.741. The zero-order valence-corrected chi connectivity index (χ0v) is 12.5. The molecule has 19 heavy (non-hydrogen) atoms. The van der Waals surface area contributed by atoms with E-state index in [9.17, 15) is 4.79 Å². The van der Waals surface area contributed by atoms with Gasteiger partial charge in [0.1, 0.15) is 5.88 Å². The Labute approximate surface area is 120 Å². The van der Waals surface area contributed by atoms with Crippen LogP contribution in [-0.2, 0) is 4.79 Å². The summed E-state index contributed by atoms with van der Waals surface area (Å²) < 4.78 is 0. The Balaban J connectivity index is 2.14. The number of nitrogens with zero attached hydrogens (tertiary/aromatic N) is 1. The molecular weight excluding hydrogens is 258 g/mol. The second-order valence-corrected chi connectivity index (χ2v) is 5.95. The topological polar surface area (TPSA) is 20.3 Å². The van der Waals surface area contributed by atoms with E-state index in [-0.39, 0.29) is 11.8 Å². The summed E-state index contributed by atoms with van der Waals surface area (Å²) in [5.41, 5.74) is 2.27. The van der Waals surface area contributed by atoms with Gasteiger partial charge in [0.15, 0.2) is 0 Å². The summed E-state index contributed by atoms with van der Waals surface area (Å²) in [7, 11) is 0. The van der Waals surface area contributed by atoms with Gasteiger partial charge in [0, 0.05) is 12.2 Å². The van der Waals surface area contributed by atoms with Gasteiger partial charge in [-0.25, -0.2) is 0 Å². The molecule has 104 valence electrons. The van der Waals surface area contributed by atoms with Gasteiger partial charge >= 0.3 is 0 Å². The second-order valence-electron chi connectivity index (χ2n) is 5.68. The van der Waals surface area contributed by atoms with Crippen LogP contribution in [0.2, 0.25) is 0 Å². The van der Waals surface area contributed by atoms with Crippen molar-refractivity contribution in [1.29, 1.82) is 0 Å². The molecule has 1 aromatic carbocycles. The van der Waals surface area contributed by atoms with E-state index in [0.29, 0.717) is 11.8 Å². The fourth-order valence-corrected chi connectivity index (χ4v) is 2.54. The number of carbonyl (C=O) groups is 1. The van der Waals surface area contributed by atoms with E-state index in [1.807, 2.05) is 17.0 Å². The summed E-state index contributed by atoms with van der Waals surface area (Å²) in [6, 6.07) is 8.29. The van der Waals surface area contributed by atoms with Crippen LogP contribution in [0.5, 0.6) is 0 Å². The molecule has 0 N–H and O–H groups in total. The number of benzene rings is 1. The van der Waals surface area contributed by atoms with Crippen LogP contribution in [0.3, 0.4) is 0 Å². The van der Waals surface area contributed by atoms with Gasteiger partial charge < -0.3 is 4.90 Å².